The van der Waals surface area contributed by atoms with Crippen molar-refractivity contribution in [2.24, 2.45) is 5.41 Å². The van der Waals surface area contributed by atoms with Crippen LogP contribution in [0.5, 0.6) is 5.75 Å². The average molecular weight is 622 g/mol. The molecule has 2 aliphatic rings. The van der Waals surface area contributed by atoms with Gasteiger partial charge in [-0.25, -0.2) is 0 Å². The molecule has 0 bridgehead atoms. The zero-order valence-electron chi connectivity index (χ0n) is 27.3. The van der Waals surface area contributed by atoms with Gasteiger partial charge in [0.1, 0.15) is 11.9 Å². The number of aryl methyl sites for hydroxylation is 2. The van der Waals surface area contributed by atoms with Crippen LogP contribution in [0.25, 0.3) is 0 Å². The van der Waals surface area contributed by atoms with Crippen molar-refractivity contribution in [3.63, 3.8) is 0 Å². The third kappa shape index (κ3) is 9.64. The van der Waals surface area contributed by atoms with E-state index >= 15 is 0 Å². The normalized spacial score (nSPS) is 25.8. The van der Waals surface area contributed by atoms with Gasteiger partial charge in [0.25, 0.3) is 5.91 Å². The van der Waals surface area contributed by atoms with E-state index in [4.69, 9.17) is 33.2 Å². The van der Waals surface area contributed by atoms with Crippen LogP contribution in [0.1, 0.15) is 78.9 Å². The van der Waals surface area contributed by atoms with Gasteiger partial charge in [0.05, 0.1) is 25.9 Å². The van der Waals surface area contributed by atoms with Gasteiger partial charge in [-0.3, -0.25) is 19.2 Å². The topological polar surface area (TPSA) is 145 Å². The lowest BCUT2D eigenvalue weighted by Gasteiger charge is -2.44. The molecule has 1 N–H and O–H groups in total. The van der Waals surface area contributed by atoms with Crippen LogP contribution in [0.15, 0.2) is 12.1 Å². The van der Waals surface area contributed by atoms with Gasteiger partial charge in [0.15, 0.2) is 24.1 Å². The first-order valence-corrected chi connectivity index (χ1v) is 15.0. The van der Waals surface area contributed by atoms with Gasteiger partial charge >= 0.3 is 17.9 Å². The molecule has 0 aromatic heterocycles. The van der Waals surface area contributed by atoms with E-state index in [0.29, 0.717) is 43.9 Å². The Morgan fingerprint density at radius 3 is 2.07 bits per heavy atom. The van der Waals surface area contributed by atoms with Gasteiger partial charge in [-0.2, -0.15) is 0 Å². The molecule has 0 aliphatic carbocycles. The fourth-order valence-corrected chi connectivity index (χ4v) is 5.41. The molecule has 2 aliphatic heterocycles. The van der Waals surface area contributed by atoms with Crippen LogP contribution in [0.4, 0.5) is 5.69 Å². The number of rotatable bonds is 11. The van der Waals surface area contributed by atoms with Crippen LogP contribution >= 0.6 is 0 Å². The van der Waals surface area contributed by atoms with Crippen LogP contribution < -0.4 is 10.1 Å². The molecular formula is C32H47NO11. The van der Waals surface area contributed by atoms with Crippen LogP contribution in [-0.2, 0) is 47.6 Å². The number of anilines is 1. The van der Waals surface area contributed by atoms with Crippen molar-refractivity contribution in [3.05, 3.63) is 23.3 Å². The third-order valence-corrected chi connectivity index (χ3v) is 7.50. The van der Waals surface area contributed by atoms with Crippen molar-refractivity contribution in [1.82, 2.24) is 0 Å². The summed E-state index contributed by atoms with van der Waals surface area (Å²) in [4.78, 5) is 48.4. The molecule has 0 spiro atoms. The number of unbranched alkanes of at least 4 members (excludes halogenated alkanes) is 1. The lowest BCUT2D eigenvalue weighted by molar-refractivity contribution is -0.303. The molecule has 0 radical (unpaired) electrons. The minimum Gasteiger partial charge on any atom is -0.494 e. The smallest absolute Gasteiger partial charge is 0.303 e. The Kier molecular flexibility index (Phi) is 11.8. The molecule has 2 saturated heterocycles. The summed E-state index contributed by atoms with van der Waals surface area (Å²) >= 11 is 0. The Balaban J connectivity index is 1.56. The summed E-state index contributed by atoms with van der Waals surface area (Å²) in [5.74, 6) is -2.11. The zero-order valence-corrected chi connectivity index (χ0v) is 27.3. The van der Waals surface area contributed by atoms with Crippen molar-refractivity contribution in [2.75, 3.05) is 25.1 Å². The minimum atomic E-state index is -0.976. The second-order valence-corrected chi connectivity index (χ2v) is 12.6. The number of carbonyl (C=O) groups is 4. The van der Waals surface area contributed by atoms with Gasteiger partial charge in [0, 0.05) is 31.9 Å². The number of carbonyl (C=O) groups excluding carboxylic acids is 4. The number of amides is 1. The predicted molar refractivity (Wildman–Crippen MR) is 159 cm³/mol. The van der Waals surface area contributed by atoms with Gasteiger partial charge in [-0.15, -0.1) is 0 Å². The number of esters is 3. The molecule has 1 amide bonds. The van der Waals surface area contributed by atoms with Crippen LogP contribution in [-0.4, -0.2) is 79.9 Å². The number of benzene rings is 1. The molecule has 246 valence electrons. The van der Waals surface area contributed by atoms with E-state index in [-0.39, 0.29) is 12.5 Å². The maximum atomic E-state index is 13.2. The summed E-state index contributed by atoms with van der Waals surface area (Å²) in [7, 11) is 0. The standard InChI is InChI=1S/C32H47NO11/c1-18-14-23(15-19(2)26(18)33-30(37)29-31(6,7)17-40-32(8,9)44-29)38-13-11-10-12-24-27(42-21(4)35)28(43-22(5)36)25(16-39-24)41-20(3)34/h14-15,24-25,27-29H,10-13,16-17H2,1-9H3,(H,33,37)/t24-,25+,27-,28-,29?/m0/s1. The molecule has 0 saturated carbocycles. The van der Waals surface area contributed by atoms with Gasteiger partial charge < -0.3 is 38.5 Å². The highest BCUT2D eigenvalue weighted by Crippen LogP contribution is 2.36. The Bertz CT molecular complexity index is 1190. The molecule has 2 heterocycles. The van der Waals surface area contributed by atoms with Crippen molar-refractivity contribution in [2.45, 2.75) is 118 Å². The van der Waals surface area contributed by atoms with E-state index in [1.807, 2.05) is 39.8 Å². The Morgan fingerprint density at radius 1 is 0.886 bits per heavy atom. The summed E-state index contributed by atoms with van der Waals surface area (Å²) in [5.41, 5.74) is 1.94. The number of nitrogens with one attached hydrogen (secondary N) is 1. The molecule has 12 heteroatoms. The van der Waals surface area contributed by atoms with E-state index in [0.717, 1.165) is 11.1 Å². The molecule has 44 heavy (non-hydrogen) atoms. The molecule has 1 unspecified atom stereocenters. The largest absolute Gasteiger partial charge is 0.494 e. The summed E-state index contributed by atoms with van der Waals surface area (Å²) in [5, 5.41) is 3.04. The van der Waals surface area contributed by atoms with E-state index in [9.17, 15) is 19.2 Å². The van der Waals surface area contributed by atoms with Crippen molar-refractivity contribution in [1.29, 1.82) is 0 Å². The molecule has 1 aromatic rings. The number of hydrogen-bond donors (Lipinski definition) is 1. The number of hydrogen-bond acceptors (Lipinski definition) is 11. The maximum Gasteiger partial charge on any atom is 0.303 e. The molecule has 3 rings (SSSR count). The van der Waals surface area contributed by atoms with Gasteiger partial charge in [-0.1, -0.05) is 13.8 Å². The first kappa shape index (κ1) is 35.3. The van der Waals surface area contributed by atoms with Crippen LogP contribution in [0.2, 0.25) is 0 Å². The van der Waals surface area contributed by atoms with E-state index in [1.54, 1.807) is 13.8 Å². The summed E-state index contributed by atoms with van der Waals surface area (Å²) in [6.07, 6.45) is -2.19. The van der Waals surface area contributed by atoms with Crippen LogP contribution in [0, 0.1) is 19.3 Å². The van der Waals surface area contributed by atoms with Gasteiger partial charge in [0.2, 0.25) is 0 Å². The van der Waals surface area contributed by atoms with E-state index in [1.165, 1.54) is 20.8 Å². The highest BCUT2D eigenvalue weighted by molar-refractivity contribution is 5.96. The SMILES string of the molecule is CC(=O)O[C@@H]1[C@@H](OC(C)=O)[C@H](OC(C)=O)CO[C@H]1CCCCOc1cc(C)c(NC(=O)C2OC(C)(C)OCC2(C)C)c(C)c1. The zero-order chi connectivity index (χ0) is 32.8. The highest BCUT2D eigenvalue weighted by Gasteiger charge is 2.47. The maximum absolute atomic E-state index is 13.2. The van der Waals surface area contributed by atoms with Gasteiger partial charge in [-0.05, 0) is 70.2 Å². The highest BCUT2D eigenvalue weighted by atomic mass is 16.7. The Labute approximate surface area is 259 Å². The molecule has 12 nitrogen and oxygen atoms in total. The summed E-state index contributed by atoms with van der Waals surface area (Å²) < 4.78 is 39.8. The monoisotopic (exact) mass is 621 g/mol. The third-order valence-electron chi connectivity index (χ3n) is 7.50. The van der Waals surface area contributed by atoms with Crippen molar-refractivity contribution in [3.8, 4) is 5.75 Å². The van der Waals surface area contributed by atoms with E-state index < -0.39 is 59.6 Å². The molecular weight excluding hydrogens is 574 g/mol. The van der Waals surface area contributed by atoms with E-state index in [2.05, 4.69) is 5.32 Å². The fraction of sp³-hybridized carbons (Fsp3) is 0.688. The van der Waals surface area contributed by atoms with Crippen molar-refractivity contribution >= 4 is 29.5 Å². The summed E-state index contributed by atoms with van der Waals surface area (Å²) in [6, 6.07) is 3.75. The first-order valence-electron chi connectivity index (χ1n) is 15.0. The second-order valence-electron chi connectivity index (χ2n) is 12.6. The Morgan fingerprint density at radius 2 is 1.48 bits per heavy atom. The van der Waals surface area contributed by atoms with Crippen molar-refractivity contribution < 1.29 is 52.3 Å². The summed E-state index contributed by atoms with van der Waals surface area (Å²) in [6.45, 7) is 15.9. The predicted octanol–water partition coefficient (Wildman–Crippen LogP) is 4.16. The fourth-order valence-electron chi connectivity index (χ4n) is 5.41. The average Bonchev–Trinajstić information content (AvgIpc) is 2.89. The second kappa shape index (κ2) is 14.7. The first-order chi connectivity index (χ1) is 20.5. The molecule has 2 fully saturated rings. The molecule has 5 atom stereocenters. The Hall–Kier alpha value is -3.22. The lowest BCUT2D eigenvalue weighted by Crippen LogP contribution is -2.57. The quantitative estimate of drug-likeness (QED) is 0.216. The van der Waals surface area contributed by atoms with Crippen LogP contribution in [0.3, 0.4) is 0 Å². The minimum absolute atomic E-state index is 0.00774. The molecule has 1 aromatic carbocycles. The number of ether oxygens (including phenoxy) is 7. The lowest BCUT2D eigenvalue weighted by atomic mass is 9.85.